The molecule has 0 saturated carbocycles. The van der Waals surface area contributed by atoms with Gasteiger partial charge in [-0.05, 0) is 48.0 Å². The fourth-order valence-corrected chi connectivity index (χ4v) is 6.13. The van der Waals surface area contributed by atoms with Crippen LogP contribution in [-0.4, -0.2) is 44.8 Å². The zero-order valence-corrected chi connectivity index (χ0v) is 19.2. The molecule has 0 aromatic heterocycles. The largest absolute Gasteiger partial charge is 0.429 e. The maximum atomic E-state index is 13.6. The lowest BCUT2D eigenvalue weighted by Crippen LogP contribution is -2.57. The minimum Gasteiger partial charge on any atom is -0.336 e. The molecule has 9 heteroatoms. The number of likely N-dealkylation sites (tertiary alicyclic amines) is 1. The minimum atomic E-state index is -0.577. The zero-order valence-electron chi connectivity index (χ0n) is 17.6. The first kappa shape index (κ1) is 21.7. The Labute approximate surface area is 200 Å². The molecule has 2 aromatic carbocycles. The second-order valence-corrected chi connectivity index (χ2v) is 9.65. The molecule has 1 N–H and O–H groups in total. The summed E-state index contributed by atoms with van der Waals surface area (Å²) in [6, 6.07) is 15.9. The molecule has 0 radical (unpaired) electrons. The molecule has 2 saturated heterocycles. The van der Waals surface area contributed by atoms with E-state index < -0.39 is 6.04 Å². The second-order valence-electron chi connectivity index (χ2n) is 8.23. The van der Waals surface area contributed by atoms with Crippen LogP contribution in [0.15, 0.2) is 65.9 Å². The number of rotatable bonds is 4. The van der Waals surface area contributed by atoms with Gasteiger partial charge in [-0.15, -0.1) is 0 Å². The van der Waals surface area contributed by atoms with Gasteiger partial charge in [0.15, 0.2) is 0 Å². The number of nitriles is 1. The molecule has 3 amide bonds. The predicted octanol–water partition coefficient (Wildman–Crippen LogP) is 4.17. The van der Waals surface area contributed by atoms with Crippen molar-refractivity contribution in [1.82, 2.24) is 10.2 Å². The number of halogens is 1. The Morgan fingerprint density at radius 2 is 2.12 bits per heavy atom. The Hall–Kier alpha value is -3.12. The highest BCUT2D eigenvalue weighted by atomic mass is 35.5. The second kappa shape index (κ2) is 8.67. The highest BCUT2D eigenvalue weighted by Gasteiger charge is 2.57. The van der Waals surface area contributed by atoms with E-state index in [0.717, 1.165) is 11.1 Å². The van der Waals surface area contributed by atoms with Crippen LogP contribution in [0, 0.1) is 11.3 Å². The number of nitrogens with one attached hydrogen (secondary N) is 1. The van der Waals surface area contributed by atoms with Crippen molar-refractivity contribution < 1.29 is 14.1 Å². The maximum absolute atomic E-state index is 13.6. The lowest BCUT2D eigenvalue weighted by atomic mass is 10.0. The van der Waals surface area contributed by atoms with E-state index in [2.05, 4.69) is 16.4 Å². The van der Waals surface area contributed by atoms with E-state index in [4.69, 9.17) is 16.9 Å². The van der Waals surface area contributed by atoms with E-state index in [9.17, 15) is 9.59 Å². The van der Waals surface area contributed by atoms with E-state index >= 15 is 0 Å². The average molecular weight is 479 g/mol. The lowest BCUT2D eigenvalue weighted by Gasteiger charge is -2.31. The summed E-state index contributed by atoms with van der Waals surface area (Å²) in [4.78, 5) is 32.9. The molecular weight excluding hydrogens is 458 g/mol. The Kier molecular flexibility index (Phi) is 5.71. The highest BCUT2D eigenvalue weighted by molar-refractivity contribution is 8.13. The van der Waals surface area contributed by atoms with E-state index in [-0.39, 0.29) is 22.5 Å². The molecule has 0 spiro atoms. The van der Waals surface area contributed by atoms with Crippen molar-refractivity contribution in [2.45, 2.75) is 25.0 Å². The molecule has 2 aromatic rings. The molecule has 3 atom stereocenters. The van der Waals surface area contributed by atoms with Gasteiger partial charge in [-0.3, -0.25) is 10.1 Å². The van der Waals surface area contributed by atoms with Gasteiger partial charge < -0.3 is 4.90 Å². The SMILES string of the molecule is N#Cc1ccc([C@@H]2CSC3=NC=C[N+]32C(=O)NC2CCN(Cc3cccc(Cl)c3)C2=O)cc1. The van der Waals surface area contributed by atoms with Crippen LogP contribution in [0.5, 0.6) is 0 Å². The number of hydrogen-bond donors (Lipinski definition) is 1. The number of aliphatic imine (C=N–C) groups is 1. The molecule has 0 aliphatic carbocycles. The number of amides is 3. The van der Waals surface area contributed by atoms with Gasteiger partial charge in [0.1, 0.15) is 18.3 Å². The first-order valence-corrected chi connectivity index (χ1v) is 12.0. The average Bonchev–Trinajstić information content (AvgIpc) is 3.49. The van der Waals surface area contributed by atoms with Crippen LogP contribution in [0.4, 0.5) is 4.79 Å². The van der Waals surface area contributed by atoms with Crippen molar-refractivity contribution in [3.8, 4) is 6.07 Å². The van der Waals surface area contributed by atoms with Gasteiger partial charge in [0, 0.05) is 23.7 Å². The quantitative estimate of drug-likeness (QED) is 0.668. The first-order valence-electron chi connectivity index (χ1n) is 10.6. The molecule has 5 rings (SSSR count). The molecule has 3 aliphatic rings. The summed E-state index contributed by atoms with van der Waals surface area (Å²) in [5, 5.41) is 13.4. The minimum absolute atomic E-state index is 0.0748. The Morgan fingerprint density at radius 3 is 2.88 bits per heavy atom. The fraction of sp³-hybridized carbons (Fsp3) is 0.250. The number of amidine groups is 1. The third-order valence-electron chi connectivity index (χ3n) is 6.28. The van der Waals surface area contributed by atoms with Gasteiger partial charge in [-0.2, -0.15) is 14.7 Å². The molecule has 2 unspecified atom stereocenters. The smallest absolute Gasteiger partial charge is 0.336 e. The number of quaternary nitrogens is 1. The third-order valence-corrected chi connectivity index (χ3v) is 7.67. The van der Waals surface area contributed by atoms with E-state index in [1.54, 1.807) is 47.3 Å². The summed E-state index contributed by atoms with van der Waals surface area (Å²) in [5.41, 5.74) is 2.48. The topological polar surface area (TPSA) is 85.6 Å². The van der Waals surface area contributed by atoms with Gasteiger partial charge in [0.2, 0.25) is 5.91 Å². The molecular formula is C24H21ClN5O2S+. The van der Waals surface area contributed by atoms with Crippen LogP contribution in [-0.2, 0) is 11.3 Å². The molecule has 166 valence electrons. The van der Waals surface area contributed by atoms with Crippen LogP contribution < -0.4 is 5.32 Å². The van der Waals surface area contributed by atoms with Crippen molar-refractivity contribution in [3.05, 3.63) is 82.6 Å². The Bertz CT molecular complexity index is 1220. The van der Waals surface area contributed by atoms with Crippen molar-refractivity contribution >= 4 is 40.5 Å². The van der Waals surface area contributed by atoms with E-state index in [0.29, 0.717) is 41.0 Å². The number of urea groups is 1. The normalized spacial score (nSPS) is 25.6. The number of fused-ring (bicyclic) bond motifs is 1. The van der Waals surface area contributed by atoms with Crippen molar-refractivity contribution in [1.29, 1.82) is 5.26 Å². The van der Waals surface area contributed by atoms with Gasteiger partial charge in [0.05, 0.1) is 23.6 Å². The molecule has 3 heterocycles. The number of benzene rings is 2. The third kappa shape index (κ3) is 3.82. The molecule has 33 heavy (non-hydrogen) atoms. The summed E-state index contributed by atoms with van der Waals surface area (Å²) in [7, 11) is 0. The fourth-order valence-electron chi connectivity index (χ4n) is 4.56. The van der Waals surface area contributed by atoms with Crippen molar-refractivity contribution in [3.63, 3.8) is 0 Å². The van der Waals surface area contributed by atoms with Crippen LogP contribution in [0.2, 0.25) is 5.02 Å². The molecule has 0 bridgehead atoms. The molecule has 2 fully saturated rings. The zero-order chi connectivity index (χ0) is 23.0. The number of carbonyl (C=O) groups excluding carboxylic acids is 2. The van der Waals surface area contributed by atoms with Gasteiger partial charge >= 0.3 is 6.03 Å². The lowest BCUT2D eigenvalue weighted by molar-refractivity contribution is -0.725. The Morgan fingerprint density at radius 1 is 1.30 bits per heavy atom. The number of carbonyl (C=O) groups is 2. The van der Waals surface area contributed by atoms with Gasteiger partial charge in [0.25, 0.3) is 5.17 Å². The maximum Gasteiger partial charge on any atom is 0.429 e. The van der Waals surface area contributed by atoms with Crippen LogP contribution in [0.1, 0.15) is 29.2 Å². The van der Waals surface area contributed by atoms with Gasteiger partial charge in [-0.25, -0.2) is 4.79 Å². The molecule has 7 nitrogen and oxygen atoms in total. The number of hydrogen-bond acceptors (Lipinski definition) is 5. The van der Waals surface area contributed by atoms with Crippen molar-refractivity contribution in [2.75, 3.05) is 12.3 Å². The van der Waals surface area contributed by atoms with Crippen molar-refractivity contribution in [2.24, 2.45) is 4.99 Å². The van der Waals surface area contributed by atoms with E-state index in [1.807, 2.05) is 30.3 Å². The van der Waals surface area contributed by atoms with Crippen LogP contribution in [0.25, 0.3) is 0 Å². The summed E-state index contributed by atoms with van der Waals surface area (Å²) >= 11 is 7.61. The summed E-state index contributed by atoms with van der Waals surface area (Å²) in [6.45, 7) is 1.03. The summed E-state index contributed by atoms with van der Waals surface area (Å²) in [6.07, 6.45) is 3.99. The predicted molar refractivity (Wildman–Crippen MR) is 127 cm³/mol. The number of thioether (sulfide) groups is 1. The highest BCUT2D eigenvalue weighted by Crippen LogP contribution is 2.45. The first-order chi connectivity index (χ1) is 16.0. The standard InChI is InChI=1S/C24H20ClN5O2S/c25-19-3-1-2-17(12-19)14-29-10-8-20(22(29)31)28-23(32)30-11-9-27-24(30)33-15-21(30)18-6-4-16(13-26)5-7-18/h1-7,9,11-12,20-21H,8,10,14-15H2/p+1/t20?,21-,30?/m0/s1. The van der Waals surface area contributed by atoms with Crippen LogP contribution in [0.3, 0.4) is 0 Å². The monoisotopic (exact) mass is 478 g/mol. The summed E-state index contributed by atoms with van der Waals surface area (Å²) in [5.74, 6) is 0.590. The Balaban J connectivity index is 1.33. The summed E-state index contributed by atoms with van der Waals surface area (Å²) < 4.78 is -0.0748. The molecule has 3 aliphatic heterocycles. The van der Waals surface area contributed by atoms with Crippen LogP contribution >= 0.6 is 23.4 Å². The van der Waals surface area contributed by atoms with E-state index in [1.165, 1.54) is 0 Å². The number of nitrogens with zero attached hydrogens (tertiary/aromatic N) is 4. The van der Waals surface area contributed by atoms with Gasteiger partial charge in [-0.1, -0.05) is 35.9 Å².